The molecule has 0 bridgehead atoms. The zero-order valence-electron chi connectivity index (χ0n) is 14.1. The predicted molar refractivity (Wildman–Crippen MR) is 96.5 cm³/mol. The average molecular weight is 344 g/mol. The van der Waals surface area contributed by atoms with Crippen LogP contribution in [0.5, 0.6) is 0 Å². The lowest BCUT2D eigenvalue weighted by molar-refractivity contribution is -0.143. The minimum atomic E-state index is -0.337. The second-order valence-corrected chi connectivity index (χ2v) is 7.78. The molecule has 3 atom stereocenters. The summed E-state index contributed by atoms with van der Waals surface area (Å²) in [6.45, 7) is 5.63. The first-order valence-electron chi connectivity index (χ1n) is 8.70. The van der Waals surface area contributed by atoms with Crippen LogP contribution in [0.4, 0.5) is 0 Å². The first-order valence-corrected chi connectivity index (χ1v) is 9.69. The standard InChI is InChI=1S/C20H24O3S/c1-3-10-23-20(22)13(2)14-8-9-17-18(11-14)24-12-15-6-4-5-7-16(15)19(17)21/h3,8-9,11,13,15-16H,1,4-7,10,12H2,2H3/t13?,15-,16+/m1/s1. The van der Waals surface area contributed by atoms with E-state index >= 15 is 0 Å². The summed E-state index contributed by atoms with van der Waals surface area (Å²) in [5.41, 5.74) is 1.75. The van der Waals surface area contributed by atoms with Crippen molar-refractivity contribution in [3.8, 4) is 0 Å². The number of fused-ring (bicyclic) bond motifs is 2. The van der Waals surface area contributed by atoms with Crippen LogP contribution in [0.25, 0.3) is 0 Å². The van der Waals surface area contributed by atoms with Crippen molar-refractivity contribution in [3.63, 3.8) is 0 Å². The first kappa shape index (κ1) is 17.3. The van der Waals surface area contributed by atoms with Crippen molar-refractivity contribution in [2.45, 2.75) is 43.4 Å². The van der Waals surface area contributed by atoms with Gasteiger partial charge < -0.3 is 4.74 Å². The first-order chi connectivity index (χ1) is 11.6. The molecule has 1 fully saturated rings. The van der Waals surface area contributed by atoms with E-state index in [0.717, 1.165) is 41.0 Å². The Kier molecular flexibility index (Phi) is 5.44. The molecule has 128 valence electrons. The van der Waals surface area contributed by atoms with Crippen molar-refractivity contribution in [1.29, 1.82) is 0 Å². The molecular weight excluding hydrogens is 320 g/mol. The lowest BCUT2D eigenvalue weighted by Crippen LogP contribution is -2.27. The Balaban J connectivity index is 1.83. The van der Waals surface area contributed by atoms with Gasteiger partial charge in [-0.15, -0.1) is 11.8 Å². The van der Waals surface area contributed by atoms with Crippen molar-refractivity contribution in [1.82, 2.24) is 0 Å². The zero-order chi connectivity index (χ0) is 17.1. The molecule has 1 aliphatic heterocycles. The van der Waals surface area contributed by atoms with E-state index in [1.165, 1.54) is 6.42 Å². The lowest BCUT2D eigenvalue weighted by atomic mass is 9.76. The molecule has 1 unspecified atom stereocenters. The van der Waals surface area contributed by atoms with Gasteiger partial charge >= 0.3 is 5.97 Å². The molecule has 0 N–H and O–H groups in total. The highest BCUT2D eigenvalue weighted by Crippen LogP contribution is 2.42. The summed E-state index contributed by atoms with van der Waals surface area (Å²) < 4.78 is 5.14. The maximum atomic E-state index is 12.9. The molecule has 24 heavy (non-hydrogen) atoms. The topological polar surface area (TPSA) is 43.4 Å². The van der Waals surface area contributed by atoms with E-state index < -0.39 is 0 Å². The van der Waals surface area contributed by atoms with Crippen LogP contribution in [0.1, 0.15) is 54.4 Å². The summed E-state index contributed by atoms with van der Waals surface area (Å²) in [7, 11) is 0. The molecule has 1 aromatic carbocycles. The second-order valence-electron chi connectivity index (χ2n) is 6.72. The molecule has 0 amide bonds. The van der Waals surface area contributed by atoms with Crippen molar-refractivity contribution < 1.29 is 14.3 Å². The number of hydrogen-bond donors (Lipinski definition) is 0. The molecular formula is C20H24O3S. The van der Waals surface area contributed by atoms with Crippen LogP contribution < -0.4 is 0 Å². The van der Waals surface area contributed by atoms with Gasteiger partial charge in [-0.1, -0.05) is 31.6 Å². The van der Waals surface area contributed by atoms with Gasteiger partial charge in [-0.05, 0) is 43.4 Å². The molecule has 3 nitrogen and oxygen atoms in total. The molecule has 1 aliphatic carbocycles. The number of carbonyl (C=O) groups excluding carboxylic acids is 2. The van der Waals surface area contributed by atoms with E-state index in [2.05, 4.69) is 6.58 Å². The SMILES string of the molecule is C=CCOC(=O)C(C)c1ccc2c(c1)SC[C@H]1CCCC[C@@H]1C2=O. The van der Waals surface area contributed by atoms with Crippen molar-refractivity contribution >= 4 is 23.5 Å². The summed E-state index contributed by atoms with van der Waals surface area (Å²) in [5, 5.41) is 0. The molecule has 1 aromatic rings. The Bertz CT molecular complexity index is 652. The van der Waals surface area contributed by atoms with Crippen LogP contribution in [0, 0.1) is 11.8 Å². The highest BCUT2D eigenvalue weighted by molar-refractivity contribution is 7.99. The highest BCUT2D eigenvalue weighted by atomic mass is 32.2. The largest absolute Gasteiger partial charge is 0.461 e. The van der Waals surface area contributed by atoms with Gasteiger partial charge in [0.25, 0.3) is 0 Å². The van der Waals surface area contributed by atoms with E-state index in [1.54, 1.807) is 17.8 Å². The number of carbonyl (C=O) groups is 2. The zero-order valence-corrected chi connectivity index (χ0v) is 14.9. The molecule has 3 rings (SSSR count). The summed E-state index contributed by atoms with van der Waals surface area (Å²) in [6, 6.07) is 5.82. The number of ketones is 1. The van der Waals surface area contributed by atoms with E-state index in [0.29, 0.717) is 11.7 Å². The minimum Gasteiger partial charge on any atom is -0.461 e. The monoisotopic (exact) mass is 344 g/mol. The Morgan fingerprint density at radius 1 is 1.42 bits per heavy atom. The molecule has 1 saturated carbocycles. The Morgan fingerprint density at radius 2 is 2.21 bits per heavy atom. The van der Waals surface area contributed by atoms with Crippen LogP contribution >= 0.6 is 11.8 Å². The van der Waals surface area contributed by atoms with Crippen molar-refractivity contribution in [3.05, 3.63) is 42.0 Å². The molecule has 2 aliphatic rings. The molecule has 0 radical (unpaired) electrons. The van der Waals surface area contributed by atoms with Crippen molar-refractivity contribution in [2.75, 3.05) is 12.4 Å². The van der Waals surface area contributed by atoms with Gasteiger partial charge in [0.2, 0.25) is 0 Å². The van der Waals surface area contributed by atoms with Gasteiger partial charge in [0.05, 0.1) is 5.92 Å². The fourth-order valence-corrected chi connectivity index (χ4v) is 5.02. The summed E-state index contributed by atoms with van der Waals surface area (Å²) in [4.78, 5) is 26.0. The average Bonchev–Trinajstić information content (AvgIpc) is 2.76. The third kappa shape index (κ3) is 3.44. The van der Waals surface area contributed by atoms with E-state index in [9.17, 15) is 9.59 Å². The number of Topliss-reactive ketones (excluding diaryl/α,β-unsaturated/α-hetero) is 1. The van der Waals surface area contributed by atoms with Crippen LogP contribution in [-0.4, -0.2) is 24.1 Å². The summed E-state index contributed by atoms with van der Waals surface area (Å²) in [5.74, 6) is 1.40. The maximum Gasteiger partial charge on any atom is 0.313 e. The third-order valence-corrected chi connectivity index (χ3v) is 6.41. The summed E-state index contributed by atoms with van der Waals surface area (Å²) in [6.07, 6.45) is 6.15. The fraction of sp³-hybridized carbons (Fsp3) is 0.500. The van der Waals surface area contributed by atoms with Gasteiger partial charge in [0.1, 0.15) is 6.61 Å². The van der Waals surface area contributed by atoms with E-state index in [1.807, 2.05) is 25.1 Å². The molecule has 0 saturated heterocycles. The van der Waals surface area contributed by atoms with Crippen LogP contribution in [-0.2, 0) is 9.53 Å². The third-order valence-electron chi connectivity index (χ3n) is 5.17. The molecule has 0 aromatic heterocycles. The molecule has 0 spiro atoms. The minimum absolute atomic E-state index is 0.188. The van der Waals surface area contributed by atoms with E-state index in [-0.39, 0.29) is 24.4 Å². The smallest absolute Gasteiger partial charge is 0.313 e. The fourth-order valence-electron chi connectivity index (χ4n) is 3.68. The van der Waals surface area contributed by atoms with Gasteiger partial charge in [0.15, 0.2) is 5.78 Å². The molecule has 1 heterocycles. The number of esters is 1. The van der Waals surface area contributed by atoms with E-state index in [4.69, 9.17) is 4.74 Å². The Labute approximate surface area is 147 Å². The molecule has 4 heteroatoms. The number of benzene rings is 1. The predicted octanol–water partition coefficient (Wildman–Crippen LogP) is 4.61. The van der Waals surface area contributed by atoms with Crippen LogP contribution in [0.2, 0.25) is 0 Å². The number of ether oxygens (including phenoxy) is 1. The summed E-state index contributed by atoms with van der Waals surface area (Å²) >= 11 is 1.77. The Hall–Kier alpha value is -1.55. The second kappa shape index (κ2) is 7.56. The van der Waals surface area contributed by atoms with Crippen LogP contribution in [0.3, 0.4) is 0 Å². The number of rotatable bonds is 4. The van der Waals surface area contributed by atoms with Crippen molar-refractivity contribution in [2.24, 2.45) is 11.8 Å². The highest BCUT2D eigenvalue weighted by Gasteiger charge is 2.35. The number of thioether (sulfide) groups is 1. The Morgan fingerprint density at radius 3 is 3.00 bits per heavy atom. The van der Waals surface area contributed by atoms with Crippen LogP contribution in [0.15, 0.2) is 35.7 Å². The maximum absolute atomic E-state index is 12.9. The quantitative estimate of drug-likeness (QED) is 0.591. The number of hydrogen-bond acceptors (Lipinski definition) is 4. The van der Waals surface area contributed by atoms with Gasteiger partial charge in [-0.25, -0.2) is 0 Å². The van der Waals surface area contributed by atoms with Gasteiger partial charge in [-0.2, -0.15) is 0 Å². The van der Waals surface area contributed by atoms with Gasteiger partial charge in [0, 0.05) is 22.1 Å². The lowest BCUT2D eigenvalue weighted by Gasteiger charge is -2.28. The van der Waals surface area contributed by atoms with Gasteiger partial charge in [-0.3, -0.25) is 9.59 Å². The normalized spacial score (nSPS) is 24.3.